The van der Waals surface area contributed by atoms with Gasteiger partial charge in [0.2, 0.25) is 10.0 Å². The Balaban J connectivity index is 2.58. The Labute approximate surface area is 110 Å². The van der Waals surface area contributed by atoms with Crippen LogP contribution in [0, 0.1) is 0 Å². The van der Waals surface area contributed by atoms with Gasteiger partial charge >= 0.3 is 0 Å². The predicted octanol–water partition coefficient (Wildman–Crippen LogP) is -0.565. The molecule has 0 aromatic rings. The first kappa shape index (κ1) is 15.9. The lowest BCUT2D eigenvalue weighted by molar-refractivity contribution is 0.356. The van der Waals surface area contributed by atoms with Crippen molar-refractivity contribution in [2.75, 3.05) is 37.4 Å². The number of nitrogens with one attached hydrogen (secondary N) is 1. The normalized spacial score (nSPS) is 25.1. The second kappa shape index (κ2) is 6.31. The van der Waals surface area contributed by atoms with Gasteiger partial charge in [0.1, 0.15) is 0 Å². The van der Waals surface area contributed by atoms with E-state index in [-0.39, 0.29) is 23.8 Å². The van der Waals surface area contributed by atoms with E-state index >= 15 is 0 Å². The highest BCUT2D eigenvalue weighted by Gasteiger charge is 2.34. The third kappa shape index (κ3) is 4.49. The summed E-state index contributed by atoms with van der Waals surface area (Å²) in [4.78, 5) is 0. The number of sulfone groups is 1. The molecule has 1 atom stereocenters. The molecule has 1 aliphatic heterocycles. The van der Waals surface area contributed by atoms with Gasteiger partial charge in [-0.2, -0.15) is 4.31 Å². The predicted molar refractivity (Wildman–Crippen MR) is 71.8 cm³/mol. The van der Waals surface area contributed by atoms with Crippen LogP contribution >= 0.6 is 0 Å². The number of sulfonamides is 1. The molecule has 1 saturated heterocycles. The standard InChI is InChI=1S/C10H22N2O4S2/c1-10-9-17(13,14)8-6-12(10)18(15,16)7-4-3-5-11-2/h10-11H,3-9H2,1-2H3. The maximum Gasteiger partial charge on any atom is 0.214 e. The van der Waals surface area contributed by atoms with Crippen LogP contribution in [0.5, 0.6) is 0 Å². The molecule has 0 saturated carbocycles. The molecule has 0 amide bonds. The average molecular weight is 298 g/mol. The lowest BCUT2D eigenvalue weighted by Crippen LogP contribution is -2.50. The van der Waals surface area contributed by atoms with Crippen molar-refractivity contribution in [3.8, 4) is 0 Å². The number of hydrogen-bond acceptors (Lipinski definition) is 5. The van der Waals surface area contributed by atoms with Crippen LogP contribution in [0.3, 0.4) is 0 Å². The molecule has 1 N–H and O–H groups in total. The molecule has 18 heavy (non-hydrogen) atoms. The smallest absolute Gasteiger partial charge is 0.214 e. The molecule has 0 aliphatic carbocycles. The van der Waals surface area contributed by atoms with Gasteiger partial charge in [0.05, 0.1) is 17.3 Å². The van der Waals surface area contributed by atoms with Gasteiger partial charge in [0.15, 0.2) is 9.84 Å². The number of nitrogens with zero attached hydrogens (tertiary/aromatic N) is 1. The Kier molecular flexibility index (Phi) is 5.57. The first-order chi connectivity index (χ1) is 8.28. The summed E-state index contributed by atoms with van der Waals surface area (Å²) >= 11 is 0. The molecule has 0 aromatic heterocycles. The average Bonchev–Trinajstić information content (AvgIpc) is 2.22. The summed E-state index contributed by atoms with van der Waals surface area (Å²) in [5.74, 6) is -0.0328. The SMILES string of the molecule is CNCCCCS(=O)(=O)N1CCS(=O)(=O)CC1C. The van der Waals surface area contributed by atoms with E-state index in [4.69, 9.17) is 0 Å². The minimum atomic E-state index is -3.32. The molecular formula is C10H22N2O4S2. The Bertz CT molecular complexity index is 458. The fraction of sp³-hybridized carbons (Fsp3) is 1.00. The Hall–Kier alpha value is -0.180. The van der Waals surface area contributed by atoms with Crippen LogP contribution in [0.4, 0.5) is 0 Å². The van der Waals surface area contributed by atoms with Crippen LogP contribution in [0.25, 0.3) is 0 Å². The van der Waals surface area contributed by atoms with E-state index in [1.54, 1.807) is 6.92 Å². The van der Waals surface area contributed by atoms with Crippen molar-refractivity contribution in [3.05, 3.63) is 0 Å². The second-order valence-corrected chi connectivity index (χ2v) is 8.97. The highest BCUT2D eigenvalue weighted by atomic mass is 32.2. The highest BCUT2D eigenvalue weighted by molar-refractivity contribution is 7.92. The van der Waals surface area contributed by atoms with E-state index < -0.39 is 25.9 Å². The number of unbranched alkanes of at least 4 members (excludes halogenated alkanes) is 1. The highest BCUT2D eigenvalue weighted by Crippen LogP contribution is 2.16. The van der Waals surface area contributed by atoms with Gasteiger partial charge in [-0.3, -0.25) is 0 Å². The second-order valence-electron chi connectivity index (χ2n) is 4.70. The van der Waals surface area contributed by atoms with Crippen molar-refractivity contribution in [2.45, 2.75) is 25.8 Å². The van der Waals surface area contributed by atoms with Gasteiger partial charge in [-0.15, -0.1) is 0 Å². The topological polar surface area (TPSA) is 83.6 Å². The van der Waals surface area contributed by atoms with Crippen molar-refractivity contribution < 1.29 is 16.8 Å². The molecule has 1 aliphatic rings. The number of rotatable bonds is 6. The van der Waals surface area contributed by atoms with Crippen LogP contribution in [-0.2, 0) is 19.9 Å². The van der Waals surface area contributed by atoms with E-state index in [0.29, 0.717) is 6.42 Å². The summed E-state index contributed by atoms with van der Waals surface area (Å²) in [5.41, 5.74) is 0. The Morgan fingerprint density at radius 3 is 2.56 bits per heavy atom. The van der Waals surface area contributed by atoms with Crippen molar-refractivity contribution >= 4 is 19.9 Å². The van der Waals surface area contributed by atoms with Crippen molar-refractivity contribution in [2.24, 2.45) is 0 Å². The van der Waals surface area contributed by atoms with Gasteiger partial charge in [-0.1, -0.05) is 0 Å². The molecule has 8 heteroatoms. The molecule has 0 aromatic carbocycles. The fourth-order valence-electron chi connectivity index (χ4n) is 2.10. The Morgan fingerprint density at radius 2 is 2.00 bits per heavy atom. The fourth-order valence-corrected chi connectivity index (χ4v) is 5.66. The van der Waals surface area contributed by atoms with Crippen molar-refractivity contribution in [3.63, 3.8) is 0 Å². The van der Waals surface area contributed by atoms with Gasteiger partial charge in [0, 0.05) is 12.6 Å². The van der Waals surface area contributed by atoms with Gasteiger partial charge < -0.3 is 5.32 Å². The van der Waals surface area contributed by atoms with E-state index in [1.165, 1.54) is 4.31 Å². The van der Waals surface area contributed by atoms with E-state index in [2.05, 4.69) is 5.32 Å². The van der Waals surface area contributed by atoms with E-state index in [9.17, 15) is 16.8 Å². The zero-order valence-corrected chi connectivity index (χ0v) is 12.6. The lowest BCUT2D eigenvalue weighted by atomic mass is 10.3. The first-order valence-electron chi connectivity index (χ1n) is 6.13. The van der Waals surface area contributed by atoms with Gasteiger partial charge in [-0.05, 0) is 33.4 Å². The molecule has 1 fully saturated rings. The van der Waals surface area contributed by atoms with E-state index in [0.717, 1.165) is 13.0 Å². The molecule has 0 bridgehead atoms. The van der Waals surface area contributed by atoms with Crippen LogP contribution in [0.15, 0.2) is 0 Å². The van der Waals surface area contributed by atoms with Crippen molar-refractivity contribution in [1.82, 2.24) is 9.62 Å². The minimum Gasteiger partial charge on any atom is -0.320 e. The van der Waals surface area contributed by atoms with E-state index in [1.807, 2.05) is 7.05 Å². The molecule has 108 valence electrons. The minimum absolute atomic E-state index is 0.0624. The summed E-state index contributed by atoms with van der Waals surface area (Å²) in [6, 6.07) is -0.446. The van der Waals surface area contributed by atoms with Gasteiger partial charge in [-0.25, -0.2) is 16.8 Å². The zero-order valence-electron chi connectivity index (χ0n) is 10.9. The monoisotopic (exact) mass is 298 g/mol. The summed E-state index contributed by atoms with van der Waals surface area (Å²) in [7, 11) is -4.57. The lowest BCUT2D eigenvalue weighted by Gasteiger charge is -2.32. The molecule has 0 spiro atoms. The number of hydrogen-bond donors (Lipinski definition) is 1. The molecular weight excluding hydrogens is 276 g/mol. The molecule has 0 radical (unpaired) electrons. The molecule has 6 nitrogen and oxygen atoms in total. The molecule has 1 heterocycles. The van der Waals surface area contributed by atoms with Crippen LogP contribution in [0.2, 0.25) is 0 Å². The largest absolute Gasteiger partial charge is 0.320 e. The van der Waals surface area contributed by atoms with Crippen LogP contribution in [-0.4, -0.2) is 64.6 Å². The maximum absolute atomic E-state index is 12.1. The molecule has 1 unspecified atom stereocenters. The third-order valence-corrected chi connectivity index (χ3v) is 6.90. The first-order valence-corrected chi connectivity index (χ1v) is 9.56. The summed E-state index contributed by atoms with van der Waals surface area (Å²) in [5, 5.41) is 2.97. The Morgan fingerprint density at radius 1 is 1.33 bits per heavy atom. The maximum atomic E-state index is 12.1. The molecule has 1 rings (SSSR count). The van der Waals surface area contributed by atoms with Gasteiger partial charge in [0.25, 0.3) is 0 Å². The summed E-state index contributed by atoms with van der Waals surface area (Å²) in [6.07, 6.45) is 1.40. The summed E-state index contributed by atoms with van der Waals surface area (Å²) in [6.45, 7) is 2.54. The zero-order chi connectivity index (χ0) is 13.8. The summed E-state index contributed by atoms with van der Waals surface area (Å²) < 4.78 is 48.3. The quantitative estimate of drug-likeness (QED) is 0.664. The van der Waals surface area contributed by atoms with Crippen molar-refractivity contribution in [1.29, 1.82) is 0 Å². The third-order valence-electron chi connectivity index (χ3n) is 3.05. The van der Waals surface area contributed by atoms with Crippen LogP contribution < -0.4 is 5.32 Å². The van der Waals surface area contributed by atoms with Crippen LogP contribution in [0.1, 0.15) is 19.8 Å².